The summed E-state index contributed by atoms with van der Waals surface area (Å²) in [6, 6.07) is 0.514. The van der Waals surface area contributed by atoms with E-state index in [-0.39, 0.29) is 24.0 Å². The fourth-order valence-corrected chi connectivity index (χ4v) is 3.20. The van der Waals surface area contributed by atoms with Crippen LogP contribution in [0.15, 0.2) is 10.4 Å². The molecule has 114 valence electrons. The largest absolute Gasteiger partial charge is 0.370 e. The number of hydrogen-bond donors (Lipinski definition) is 2. The second kappa shape index (κ2) is 8.81. The molecule has 2 rings (SSSR count). The third-order valence-electron chi connectivity index (χ3n) is 3.50. The van der Waals surface area contributed by atoms with Crippen LogP contribution in [0.4, 0.5) is 0 Å². The quantitative estimate of drug-likeness (QED) is 0.455. The van der Waals surface area contributed by atoms with Crippen molar-refractivity contribution in [3.05, 3.63) is 16.1 Å². The van der Waals surface area contributed by atoms with E-state index in [0.717, 1.165) is 10.7 Å². The number of guanidine groups is 1. The average Bonchev–Trinajstić information content (AvgIpc) is 2.86. The Morgan fingerprint density at radius 2 is 2.15 bits per heavy atom. The Bertz CT molecular complexity index is 425. The van der Waals surface area contributed by atoms with E-state index in [0.29, 0.717) is 24.5 Å². The number of nitrogens with two attached hydrogens (primary N) is 1. The van der Waals surface area contributed by atoms with Crippen LogP contribution < -0.4 is 11.1 Å². The third kappa shape index (κ3) is 5.55. The maximum Gasteiger partial charge on any atom is 0.189 e. The summed E-state index contributed by atoms with van der Waals surface area (Å²) in [4.78, 5) is 8.95. The Hall–Kier alpha value is -0.370. The monoisotopic (exact) mass is 408 g/mol. The van der Waals surface area contributed by atoms with Crippen LogP contribution >= 0.6 is 35.3 Å². The molecule has 0 bridgehead atoms. The lowest BCUT2D eigenvalue weighted by molar-refractivity contribution is 0.412. The van der Waals surface area contributed by atoms with E-state index in [1.54, 1.807) is 11.3 Å². The fourth-order valence-electron chi connectivity index (χ4n) is 2.32. The van der Waals surface area contributed by atoms with Gasteiger partial charge in [0.1, 0.15) is 5.01 Å². The van der Waals surface area contributed by atoms with E-state index < -0.39 is 0 Å². The summed E-state index contributed by atoms with van der Waals surface area (Å²) in [6.45, 7) is 4.89. The minimum absolute atomic E-state index is 0. The zero-order valence-corrected chi connectivity index (χ0v) is 15.4. The number of aliphatic imine (C=N–C) groups is 1. The van der Waals surface area contributed by atoms with Crippen LogP contribution in [-0.4, -0.2) is 17.0 Å². The predicted molar refractivity (Wildman–Crippen MR) is 97.0 cm³/mol. The van der Waals surface area contributed by atoms with Crippen molar-refractivity contribution in [2.75, 3.05) is 0 Å². The van der Waals surface area contributed by atoms with Crippen LogP contribution in [0.2, 0.25) is 0 Å². The van der Waals surface area contributed by atoms with Gasteiger partial charge in [0.25, 0.3) is 0 Å². The van der Waals surface area contributed by atoms with Gasteiger partial charge in [-0.15, -0.1) is 35.3 Å². The fraction of sp³-hybridized carbons (Fsp3) is 0.714. The van der Waals surface area contributed by atoms with Crippen molar-refractivity contribution in [3.8, 4) is 0 Å². The molecule has 1 aromatic rings. The predicted octanol–water partition coefficient (Wildman–Crippen LogP) is 3.62. The van der Waals surface area contributed by atoms with Crippen molar-refractivity contribution >= 4 is 41.3 Å². The maximum absolute atomic E-state index is 5.93. The summed E-state index contributed by atoms with van der Waals surface area (Å²) in [7, 11) is 0. The molecule has 0 amide bonds. The molecule has 6 heteroatoms. The molecule has 1 aliphatic carbocycles. The molecule has 0 aromatic carbocycles. The lowest BCUT2D eigenvalue weighted by atomic mass is 9.96. The number of nitrogens with zero attached hydrogens (tertiary/aromatic N) is 2. The first kappa shape index (κ1) is 17.7. The highest BCUT2D eigenvalue weighted by atomic mass is 127. The molecule has 1 aliphatic rings. The lowest BCUT2D eigenvalue weighted by Gasteiger charge is -2.23. The van der Waals surface area contributed by atoms with Crippen molar-refractivity contribution < 1.29 is 0 Å². The molecular formula is C14H25IN4S. The molecule has 1 heterocycles. The minimum Gasteiger partial charge on any atom is -0.370 e. The SMILES string of the molecule is CC(C)c1csc(CN=C(N)NC2CCCCC2)n1.I. The molecule has 0 radical (unpaired) electrons. The van der Waals surface area contributed by atoms with Crippen LogP contribution in [-0.2, 0) is 6.54 Å². The highest BCUT2D eigenvalue weighted by molar-refractivity contribution is 14.0. The zero-order valence-electron chi connectivity index (χ0n) is 12.3. The number of nitrogens with one attached hydrogen (secondary N) is 1. The second-order valence-corrected chi connectivity index (χ2v) is 6.44. The summed E-state index contributed by atoms with van der Waals surface area (Å²) in [5.74, 6) is 1.04. The van der Waals surface area contributed by atoms with E-state index in [1.165, 1.54) is 32.1 Å². The van der Waals surface area contributed by atoms with Gasteiger partial charge in [0.15, 0.2) is 5.96 Å². The Kier molecular flexibility index (Phi) is 7.79. The summed E-state index contributed by atoms with van der Waals surface area (Å²) < 4.78 is 0. The molecule has 0 spiro atoms. The Morgan fingerprint density at radius 1 is 1.45 bits per heavy atom. The molecule has 4 nitrogen and oxygen atoms in total. The smallest absolute Gasteiger partial charge is 0.189 e. The Balaban J connectivity index is 0.00000200. The van der Waals surface area contributed by atoms with Gasteiger partial charge >= 0.3 is 0 Å². The number of hydrogen-bond acceptors (Lipinski definition) is 3. The summed E-state index contributed by atoms with van der Waals surface area (Å²) in [6.07, 6.45) is 6.38. The van der Waals surface area contributed by atoms with Gasteiger partial charge in [0.05, 0.1) is 12.2 Å². The highest BCUT2D eigenvalue weighted by Crippen LogP contribution is 2.19. The normalized spacial score (nSPS) is 17.1. The van der Waals surface area contributed by atoms with Gasteiger partial charge < -0.3 is 11.1 Å². The van der Waals surface area contributed by atoms with Gasteiger partial charge in [0, 0.05) is 11.4 Å². The first-order chi connectivity index (χ1) is 9.15. The zero-order chi connectivity index (χ0) is 13.7. The first-order valence-electron chi connectivity index (χ1n) is 7.16. The van der Waals surface area contributed by atoms with E-state index in [4.69, 9.17) is 5.73 Å². The van der Waals surface area contributed by atoms with Crippen LogP contribution in [0.1, 0.15) is 62.6 Å². The van der Waals surface area contributed by atoms with Crippen molar-refractivity contribution in [1.29, 1.82) is 0 Å². The topological polar surface area (TPSA) is 63.3 Å². The van der Waals surface area contributed by atoms with E-state index >= 15 is 0 Å². The van der Waals surface area contributed by atoms with Gasteiger partial charge in [-0.3, -0.25) is 0 Å². The summed E-state index contributed by atoms with van der Waals surface area (Å²) in [5.41, 5.74) is 7.08. The molecule has 0 aliphatic heterocycles. The first-order valence-corrected chi connectivity index (χ1v) is 8.04. The minimum atomic E-state index is 0. The van der Waals surface area contributed by atoms with Crippen LogP contribution in [0.25, 0.3) is 0 Å². The molecular weight excluding hydrogens is 383 g/mol. The number of thiazole rings is 1. The van der Waals surface area contributed by atoms with Crippen LogP contribution in [0.3, 0.4) is 0 Å². The van der Waals surface area contributed by atoms with Crippen LogP contribution in [0, 0.1) is 0 Å². The molecule has 1 aromatic heterocycles. The highest BCUT2D eigenvalue weighted by Gasteiger charge is 2.13. The van der Waals surface area contributed by atoms with E-state index in [9.17, 15) is 0 Å². The number of rotatable bonds is 4. The van der Waals surface area contributed by atoms with Crippen LogP contribution in [0.5, 0.6) is 0 Å². The van der Waals surface area contributed by atoms with Gasteiger partial charge in [-0.25, -0.2) is 9.98 Å². The second-order valence-electron chi connectivity index (χ2n) is 5.50. The average molecular weight is 408 g/mol. The molecule has 20 heavy (non-hydrogen) atoms. The molecule has 3 N–H and O–H groups in total. The maximum atomic E-state index is 5.93. The Morgan fingerprint density at radius 3 is 2.75 bits per heavy atom. The van der Waals surface area contributed by atoms with Crippen molar-refractivity contribution in [3.63, 3.8) is 0 Å². The van der Waals surface area contributed by atoms with Gasteiger partial charge in [-0.2, -0.15) is 0 Å². The standard InChI is InChI=1S/C14H24N4S.HI/c1-10(2)12-9-19-13(18-12)8-16-14(15)17-11-6-4-3-5-7-11;/h9-11H,3-8H2,1-2H3,(H3,15,16,17);1H. The summed E-state index contributed by atoms with van der Waals surface area (Å²) >= 11 is 1.66. The Labute approximate surface area is 142 Å². The van der Waals surface area contributed by atoms with Gasteiger partial charge in [-0.1, -0.05) is 33.1 Å². The van der Waals surface area contributed by atoms with Crippen molar-refractivity contribution in [1.82, 2.24) is 10.3 Å². The van der Waals surface area contributed by atoms with E-state index in [2.05, 4.69) is 34.5 Å². The van der Waals surface area contributed by atoms with Gasteiger partial charge in [0.2, 0.25) is 0 Å². The number of halogens is 1. The molecule has 1 saturated carbocycles. The lowest BCUT2D eigenvalue weighted by Crippen LogP contribution is -2.41. The number of aromatic nitrogens is 1. The molecule has 1 fully saturated rings. The molecule has 0 saturated heterocycles. The van der Waals surface area contributed by atoms with Gasteiger partial charge in [-0.05, 0) is 18.8 Å². The third-order valence-corrected chi connectivity index (χ3v) is 4.35. The summed E-state index contributed by atoms with van der Waals surface area (Å²) in [5, 5.41) is 6.47. The molecule has 0 atom stereocenters. The van der Waals surface area contributed by atoms with Crippen molar-refractivity contribution in [2.45, 2.75) is 64.5 Å². The molecule has 0 unspecified atom stereocenters. The van der Waals surface area contributed by atoms with E-state index in [1.807, 2.05) is 0 Å². The van der Waals surface area contributed by atoms with Crippen molar-refractivity contribution in [2.24, 2.45) is 10.7 Å².